The Morgan fingerprint density at radius 3 is 2.18 bits per heavy atom. The van der Waals surface area contributed by atoms with E-state index in [1.165, 1.54) is 5.56 Å². The van der Waals surface area contributed by atoms with E-state index in [4.69, 9.17) is 11.5 Å². The second-order valence-corrected chi connectivity index (χ2v) is 6.47. The van der Waals surface area contributed by atoms with Gasteiger partial charge in [0.1, 0.15) is 11.0 Å². The molecule has 2 heterocycles. The van der Waals surface area contributed by atoms with Crippen LogP contribution in [0.4, 0.5) is 11.6 Å². The molecular formula is C21H21N7. The van der Waals surface area contributed by atoms with Crippen LogP contribution in [0.15, 0.2) is 72.0 Å². The van der Waals surface area contributed by atoms with Crippen LogP contribution in [0.1, 0.15) is 11.1 Å². The first-order valence-electron chi connectivity index (χ1n) is 9.07. The average molecular weight is 371 g/mol. The third-order valence-corrected chi connectivity index (χ3v) is 4.46. The Bertz CT molecular complexity index is 1150. The molecule has 0 aliphatic rings. The van der Waals surface area contributed by atoms with Crippen molar-refractivity contribution in [1.82, 2.24) is 19.5 Å². The zero-order valence-corrected chi connectivity index (χ0v) is 15.4. The highest BCUT2D eigenvalue weighted by molar-refractivity contribution is 5.90. The molecular weight excluding hydrogens is 350 g/mol. The van der Waals surface area contributed by atoms with Crippen molar-refractivity contribution in [3.63, 3.8) is 0 Å². The minimum Gasteiger partial charge on any atom is -0.382 e. The maximum atomic E-state index is 6.26. The molecule has 140 valence electrons. The van der Waals surface area contributed by atoms with Gasteiger partial charge >= 0.3 is 0 Å². The molecule has 0 aliphatic carbocycles. The van der Waals surface area contributed by atoms with Crippen LogP contribution in [-0.2, 0) is 13.0 Å². The Morgan fingerprint density at radius 2 is 1.46 bits per heavy atom. The normalized spacial score (nSPS) is 11.8. The summed E-state index contributed by atoms with van der Waals surface area (Å²) in [6, 6.07) is 20.2. The summed E-state index contributed by atoms with van der Waals surface area (Å²) in [5.74, 6) is 0.579. The Morgan fingerprint density at radius 1 is 0.821 bits per heavy atom. The Balaban J connectivity index is 1.68. The molecule has 0 amide bonds. The van der Waals surface area contributed by atoms with Crippen LogP contribution in [0.3, 0.4) is 0 Å². The van der Waals surface area contributed by atoms with Crippen molar-refractivity contribution in [1.29, 1.82) is 0 Å². The van der Waals surface area contributed by atoms with Crippen molar-refractivity contribution in [3.8, 4) is 0 Å². The first-order chi connectivity index (χ1) is 13.7. The lowest BCUT2D eigenvalue weighted by atomic mass is 10.2. The molecule has 4 N–H and O–H groups in total. The van der Waals surface area contributed by atoms with E-state index in [1.807, 2.05) is 53.1 Å². The molecule has 0 fully saturated rings. The monoisotopic (exact) mass is 371 g/mol. The first-order valence-corrected chi connectivity index (χ1v) is 9.07. The van der Waals surface area contributed by atoms with Crippen molar-refractivity contribution in [3.05, 3.63) is 83.7 Å². The van der Waals surface area contributed by atoms with Gasteiger partial charge in [0.2, 0.25) is 5.62 Å². The summed E-state index contributed by atoms with van der Waals surface area (Å²) in [5, 5.41) is 0. The van der Waals surface area contributed by atoms with Crippen LogP contribution in [0.25, 0.3) is 11.0 Å². The van der Waals surface area contributed by atoms with Gasteiger partial charge in [0.05, 0.1) is 6.33 Å². The van der Waals surface area contributed by atoms with E-state index in [9.17, 15) is 0 Å². The maximum absolute atomic E-state index is 6.26. The molecule has 0 spiro atoms. The van der Waals surface area contributed by atoms with Gasteiger partial charge in [-0.15, -0.1) is 0 Å². The third-order valence-electron chi connectivity index (χ3n) is 4.46. The summed E-state index contributed by atoms with van der Waals surface area (Å²) in [5.41, 5.74) is 16.2. The van der Waals surface area contributed by atoms with Crippen LogP contribution < -0.4 is 17.1 Å². The van der Waals surface area contributed by atoms with Gasteiger partial charge in [0.15, 0.2) is 11.6 Å². The van der Waals surface area contributed by atoms with Crippen molar-refractivity contribution in [2.75, 3.05) is 18.0 Å². The van der Waals surface area contributed by atoms with Gasteiger partial charge in [-0.05, 0) is 17.5 Å². The predicted octanol–water partition coefficient (Wildman–Crippen LogP) is 2.18. The van der Waals surface area contributed by atoms with Crippen LogP contribution >= 0.6 is 0 Å². The zero-order chi connectivity index (χ0) is 19.3. The number of aromatic nitrogens is 4. The number of hydrogen-bond donors (Lipinski definition) is 2. The van der Waals surface area contributed by atoms with Gasteiger partial charge in [-0.25, -0.2) is 9.98 Å². The second kappa shape index (κ2) is 7.87. The van der Waals surface area contributed by atoms with E-state index in [1.54, 1.807) is 6.33 Å². The van der Waals surface area contributed by atoms with Crippen LogP contribution in [0, 0.1) is 0 Å². The topological polar surface area (TPSA) is 108 Å². The van der Waals surface area contributed by atoms with Gasteiger partial charge in [-0.2, -0.15) is 9.97 Å². The minimum absolute atomic E-state index is 0.268. The summed E-state index contributed by atoms with van der Waals surface area (Å²) < 4.78 is 1.93. The molecule has 7 heteroatoms. The number of nitrogens with two attached hydrogens (primary N) is 2. The largest absolute Gasteiger partial charge is 0.382 e. The van der Waals surface area contributed by atoms with E-state index in [0.29, 0.717) is 29.9 Å². The van der Waals surface area contributed by atoms with Crippen molar-refractivity contribution in [2.45, 2.75) is 13.0 Å². The van der Waals surface area contributed by atoms with Crippen LogP contribution in [0.5, 0.6) is 0 Å². The van der Waals surface area contributed by atoms with Crippen molar-refractivity contribution < 1.29 is 0 Å². The lowest BCUT2D eigenvalue weighted by Crippen LogP contribution is -2.14. The quantitative estimate of drug-likeness (QED) is 0.559. The molecule has 0 saturated heterocycles. The highest BCUT2D eigenvalue weighted by atomic mass is 15.1. The predicted molar refractivity (Wildman–Crippen MR) is 110 cm³/mol. The minimum atomic E-state index is 0.268. The summed E-state index contributed by atoms with van der Waals surface area (Å²) in [7, 11) is 0. The summed E-state index contributed by atoms with van der Waals surface area (Å²) in [6.07, 6.45) is 2.50. The highest BCUT2D eigenvalue weighted by Gasteiger charge is 2.11. The van der Waals surface area contributed by atoms with E-state index in [0.717, 1.165) is 12.0 Å². The fourth-order valence-electron chi connectivity index (χ4n) is 3.08. The fraction of sp³-hybridized carbons (Fsp3) is 0.143. The number of rotatable bonds is 5. The fourth-order valence-corrected chi connectivity index (χ4v) is 3.08. The number of anilines is 2. The number of hydrogen-bond acceptors (Lipinski definition) is 6. The van der Waals surface area contributed by atoms with E-state index in [2.05, 4.69) is 32.1 Å². The van der Waals surface area contributed by atoms with Gasteiger partial charge in [0.25, 0.3) is 0 Å². The molecule has 0 atom stereocenters. The van der Waals surface area contributed by atoms with Crippen LogP contribution in [-0.4, -0.2) is 26.1 Å². The molecule has 0 aliphatic heterocycles. The van der Waals surface area contributed by atoms with E-state index < -0.39 is 0 Å². The van der Waals surface area contributed by atoms with Gasteiger partial charge in [-0.1, -0.05) is 60.7 Å². The molecule has 0 bridgehead atoms. The third kappa shape index (κ3) is 3.83. The van der Waals surface area contributed by atoms with Gasteiger partial charge in [-0.3, -0.25) is 0 Å². The summed E-state index contributed by atoms with van der Waals surface area (Å²) in [4.78, 5) is 17.6. The average Bonchev–Trinajstić information content (AvgIpc) is 3.08. The smallest absolute Gasteiger partial charge is 0.248 e. The highest BCUT2D eigenvalue weighted by Crippen LogP contribution is 2.20. The number of nitrogens with zero attached hydrogens (tertiary/aromatic N) is 5. The number of benzene rings is 2. The van der Waals surface area contributed by atoms with Gasteiger partial charge < -0.3 is 16.0 Å². The molecule has 2 aromatic carbocycles. The molecule has 28 heavy (non-hydrogen) atoms. The lowest BCUT2D eigenvalue weighted by molar-refractivity contribution is 0.822. The second-order valence-electron chi connectivity index (χ2n) is 6.47. The van der Waals surface area contributed by atoms with Crippen molar-refractivity contribution >= 4 is 22.7 Å². The molecule has 7 nitrogen and oxygen atoms in total. The zero-order valence-electron chi connectivity index (χ0n) is 15.4. The lowest BCUT2D eigenvalue weighted by Gasteiger charge is -2.04. The molecule has 4 rings (SSSR count). The number of nitrogen functional groups attached to an aromatic ring is 2. The van der Waals surface area contributed by atoms with Gasteiger partial charge in [0, 0.05) is 13.1 Å². The first kappa shape index (κ1) is 17.7. The molecule has 2 aromatic heterocycles. The molecule has 4 aromatic rings. The molecule has 0 radical (unpaired) electrons. The Labute approximate surface area is 162 Å². The SMILES string of the molecule is Nc1nc(=NCCc2ccccc2)nc(N)c2c1ncn2Cc1ccccc1. The standard InChI is InChI=1S/C21H21N7/c22-19-17-18(28(14-25-17)13-16-9-5-2-6-10-16)20(23)27-21(26-19)24-12-11-15-7-3-1-4-8-15/h1-10,14H,11-13H2,(H4,22,23,24,26,27). The number of imidazole rings is 1. The Kier molecular flexibility index (Phi) is 4.97. The van der Waals surface area contributed by atoms with Crippen LogP contribution in [0.2, 0.25) is 0 Å². The summed E-state index contributed by atoms with van der Waals surface area (Å²) in [6.45, 7) is 1.17. The van der Waals surface area contributed by atoms with Crippen molar-refractivity contribution in [2.24, 2.45) is 4.99 Å². The van der Waals surface area contributed by atoms with E-state index >= 15 is 0 Å². The molecule has 0 unspecified atom stereocenters. The Hall–Kier alpha value is -3.74. The number of fused-ring (bicyclic) bond motifs is 1. The summed E-state index contributed by atoms with van der Waals surface area (Å²) >= 11 is 0. The van der Waals surface area contributed by atoms with E-state index in [-0.39, 0.29) is 11.4 Å². The maximum Gasteiger partial charge on any atom is 0.248 e. The molecule has 0 saturated carbocycles.